The van der Waals surface area contributed by atoms with Gasteiger partial charge in [-0.25, -0.2) is 0 Å². The van der Waals surface area contributed by atoms with Gasteiger partial charge >= 0.3 is 0 Å². The Balaban J connectivity index is 2.77. The van der Waals surface area contributed by atoms with Crippen molar-refractivity contribution in [2.45, 2.75) is 5.75 Å². The van der Waals surface area contributed by atoms with E-state index in [1.165, 1.54) is 11.8 Å². The minimum atomic E-state index is 0.410. The topological polar surface area (TPSA) is 49.8 Å². The number of hydrogen-bond donors (Lipinski definition) is 1. The van der Waals surface area contributed by atoms with E-state index in [9.17, 15) is 0 Å². The Kier molecular flexibility index (Phi) is 3.74. The first kappa shape index (κ1) is 10.0. The van der Waals surface area contributed by atoms with Gasteiger partial charge in [0.05, 0.1) is 11.6 Å². The summed E-state index contributed by atoms with van der Waals surface area (Å²) in [6.45, 7) is 0. The highest BCUT2D eigenvalue weighted by atomic mass is 32.2. The lowest BCUT2D eigenvalue weighted by molar-refractivity contribution is 1.36. The molecule has 2 N–H and O–H groups in total. The van der Waals surface area contributed by atoms with Crippen LogP contribution in [0.2, 0.25) is 0 Å². The molecule has 0 fully saturated rings. The molecule has 1 aromatic rings. The Morgan fingerprint density at radius 3 is 2.85 bits per heavy atom. The second kappa shape index (κ2) is 4.85. The summed E-state index contributed by atoms with van der Waals surface area (Å²) in [6, 6.07) is 9.56. The third kappa shape index (κ3) is 3.05. The van der Waals surface area contributed by atoms with Crippen LogP contribution in [0.25, 0.3) is 0 Å². The van der Waals surface area contributed by atoms with Crippen LogP contribution in [0.4, 0.5) is 0 Å². The number of thioether (sulfide) groups is 1. The molecular weight excluding hydrogens is 200 g/mol. The van der Waals surface area contributed by atoms with Crippen LogP contribution in [-0.4, -0.2) is 4.32 Å². The Bertz CT molecular complexity index is 355. The molecule has 0 spiro atoms. The normalized spacial score (nSPS) is 9.15. The molecule has 0 heterocycles. The summed E-state index contributed by atoms with van der Waals surface area (Å²) in [7, 11) is 0. The number of nitrogens with zero attached hydrogens (tertiary/aromatic N) is 1. The minimum Gasteiger partial charge on any atom is -0.385 e. The zero-order valence-electron chi connectivity index (χ0n) is 6.86. The van der Waals surface area contributed by atoms with Crippen molar-refractivity contribution in [3.05, 3.63) is 35.4 Å². The lowest BCUT2D eigenvalue weighted by Gasteiger charge is -2.01. The quantitative estimate of drug-likeness (QED) is 0.756. The highest BCUT2D eigenvalue weighted by molar-refractivity contribution is 8.22. The summed E-state index contributed by atoms with van der Waals surface area (Å²) in [4.78, 5) is 0. The summed E-state index contributed by atoms with van der Waals surface area (Å²) in [6.07, 6.45) is 0. The zero-order valence-corrected chi connectivity index (χ0v) is 8.49. The third-order valence-corrected chi connectivity index (χ3v) is 2.60. The molecular formula is C9H8N2S2. The molecule has 0 amide bonds. The van der Waals surface area contributed by atoms with Gasteiger partial charge in [-0.2, -0.15) is 5.26 Å². The molecule has 0 atom stereocenters. The van der Waals surface area contributed by atoms with Gasteiger partial charge in [-0.1, -0.05) is 42.2 Å². The molecule has 1 aromatic carbocycles. The van der Waals surface area contributed by atoms with Crippen molar-refractivity contribution >= 4 is 28.3 Å². The molecule has 0 bridgehead atoms. The number of hydrogen-bond acceptors (Lipinski definition) is 3. The average molecular weight is 208 g/mol. The molecule has 66 valence electrons. The number of thiocarbonyl (C=S) groups is 1. The van der Waals surface area contributed by atoms with Gasteiger partial charge in [-0.3, -0.25) is 0 Å². The second-order valence-electron chi connectivity index (χ2n) is 2.38. The lowest BCUT2D eigenvalue weighted by atomic mass is 10.1. The molecule has 0 aliphatic rings. The van der Waals surface area contributed by atoms with Crippen LogP contribution in [0.15, 0.2) is 24.3 Å². The highest BCUT2D eigenvalue weighted by Gasteiger charge is 2.00. The SMILES string of the molecule is N#Cc1ccccc1CSC(N)=S. The van der Waals surface area contributed by atoms with Crippen molar-refractivity contribution in [2.75, 3.05) is 0 Å². The maximum absolute atomic E-state index is 8.76. The molecule has 13 heavy (non-hydrogen) atoms. The van der Waals surface area contributed by atoms with E-state index in [2.05, 4.69) is 6.07 Å². The first-order chi connectivity index (χ1) is 6.24. The molecule has 0 unspecified atom stereocenters. The Morgan fingerprint density at radius 2 is 2.23 bits per heavy atom. The number of nitrogens with two attached hydrogens (primary N) is 1. The van der Waals surface area contributed by atoms with Crippen LogP contribution in [0.1, 0.15) is 11.1 Å². The van der Waals surface area contributed by atoms with Crippen LogP contribution in [0.3, 0.4) is 0 Å². The number of nitriles is 1. The maximum atomic E-state index is 8.76. The van der Waals surface area contributed by atoms with Crippen molar-refractivity contribution in [3.8, 4) is 6.07 Å². The van der Waals surface area contributed by atoms with Gasteiger partial charge < -0.3 is 5.73 Å². The van der Waals surface area contributed by atoms with Crippen LogP contribution in [0.5, 0.6) is 0 Å². The predicted octanol–water partition coefficient (Wildman–Crippen LogP) is 2.04. The van der Waals surface area contributed by atoms with E-state index in [-0.39, 0.29) is 0 Å². The van der Waals surface area contributed by atoms with Gasteiger partial charge in [0, 0.05) is 5.75 Å². The van der Waals surface area contributed by atoms with E-state index in [0.717, 1.165) is 5.56 Å². The molecule has 4 heteroatoms. The molecule has 2 nitrogen and oxygen atoms in total. The summed E-state index contributed by atoms with van der Waals surface area (Å²) in [5.41, 5.74) is 7.00. The summed E-state index contributed by atoms with van der Waals surface area (Å²) < 4.78 is 0.410. The zero-order chi connectivity index (χ0) is 9.68. The van der Waals surface area contributed by atoms with Crippen molar-refractivity contribution < 1.29 is 0 Å². The lowest BCUT2D eigenvalue weighted by Crippen LogP contribution is -2.02. The maximum Gasteiger partial charge on any atom is 0.131 e. The van der Waals surface area contributed by atoms with E-state index < -0.39 is 0 Å². The fourth-order valence-corrected chi connectivity index (χ4v) is 1.63. The van der Waals surface area contributed by atoms with E-state index in [4.69, 9.17) is 23.2 Å². The Labute approximate surface area is 86.7 Å². The van der Waals surface area contributed by atoms with Crippen LogP contribution >= 0.6 is 24.0 Å². The standard InChI is InChI=1S/C9H8N2S2/c10-5-7-3-1-2-4-8(7)6-13-9(11)12/h1-4H,6H2,(H2,11,12). The molecule has 0 saturated heterocycles. The smallest absolute Gasteiger partial charge is 0.131 e. The van der Waals surface area contributed by atoms with Gasteiger partial charge in [0.15, 0.2) is 0 Å². The minimum absolute atomic E-state index is 0.410. The number of rotatable bonds is 2. The van der Waals surface area contributed by atoms with Crippen molar-refractivity contribution in [2.24, 2.45) is 5.73 Å². The molecule has 0 aliphatic heterocycles. The largest absolute Gasteiger partial charge is 0.385 e. The van der Waals surface area contributed by atoms with Gasteiger partial charge in [-0.15, -0.1) is 0 Å². The highest BCUT2D eigenvalue weighted by Crippen LogP contribution is 2.15. The second-order valence-corrected chi connectivity index (χ2v) is 4.09. The average Bonchev–Trinajstić information content (AvgIpc) is 2.15. The first-order valence-electron chi connectivity index (χ1n) is 3.64. The molecule has 0 aromatic heterocycles. The van der Waals surface area contributed by atoms with Gasteiger partial charge in [0.25, 0.3) is 0 Å². The van der Waals surface area contributed by atoms with Gasteiger partial charge in [-0.05, 0) is 11.6 Å². The Hall–Kier alpha value is -1.05. The van der Waals surface area contributed by atoms with Crippen molar-refractivity contribution in [3.63, 3.8) is 0 Å². The van der Waals surface area contributed by atoms with Crippen molar-refractivity contribution in [1.29, 1.82) is 5.26 Å². The first-order valence-corrected chi connectivity index (χ1v) is 5.03. The van der Waals surface area contributed by atoms with Crippen LogP contribution in [0, 0.1) is 11.3 Å². The summed E-state index contributed by atoms with van der Waals surface area (Å²) in [5, 5.41) is 8.76. The Morgan fingerprint density at radius 1 is 1.54 bits per heavy atom. The third-order valence-electron chi connectivity index (χ3n) is 1.51. The van der Waals surface area contributed by atoms with Gasteiger partial charge in [0.2, 0.25) is 0 Å². The monoisotopic (exact) mass is 208 g/mol. The van der Waals surface area contributed by atoms with E-state index in [1.807, 2.05) is 18.2 Å². The fourth-order valence-electron chi connectivity index (χ4n) is 0.904. The van der Waals surface area contributed by atoms with E-state index >= 15 is 0 Å². The van der Waals surface area contributed by atoms with Crippen molar-refractivity contribution in [1.82, 2.24) is 0 Å². The molecule has 0 aliphatic carbocycles. The van der Waals surface area contributed by atoms with E-state index in [1.54, 1.807) is 6.07 Å². The molecule has 1 rings (SSSR count). The number of benzene rings is 1. The summed E-state index contributed by atoms with van der Waals surface area (Å²) >= 11 is 6.10. The van der Waals surface area contributed by atoms with Gasteiger partial charge in [0.1, 0.15) is 4.32 Å². The fraction of sp³-hybridized carbons (Fsp3) is 0.111. The van der Waals surface area contributed by atoms with Crippen LogP contribution in [-0.2, 0) is 5.75 Å². The van der Waals surface area contributed by atoms with E-state index in [0.29, 0.717) is 15.6 Å². The predicted molar refractivity (Wildman–Crippen MR) is 59.2 cm³/mol. The molecule has 0 saturated carbocycles. The molecule has 0 radical (unpaired) electrons. The van der Waals surface area contributed by atoms with Crippen LogP contribution < -0.4 is 5.73 Å². The summed E-state index contributed by atoms with van der Waals surface area (Å²) in [5.74, 6) is 0.666.